The van der Waals surface area contributed by atoms with E-state index in [0.717, 1.165) is 35.3 Å². The zero-order valence-electron chi connectivity index (χ0n) is 16.6. The predicted octanol–water partition coefficient (Wildman–Crippen LogP) is 4.19. The summed E-state index contributed by atoms with van der Waals surface area (Å²) in [4.78, 5) is 24.5. The molecule has 0 spiro atoms. The first-order valence-electron chi connectivity index (χ1n) is 9.40. The minimum Gasteiger partial charge on any atom is -0.376 e. The van der Waals surface area contributed by atoms with Gasteiger partial charge in [0, 0.05) is 23.5 Å². The highest BCUT2D eigenvalue weighted by Crippen LogP contribution is 2.21. The zero-order valence-corrected chi connectivity index (χ0v) is 16.6. The van der Waals surface area contributed by atoms with Gasteiger partial charge in [0.1, 0.15) is 0 Å². The monoisotopic (exact) mass is 367 g/mol. The quantitative estimate of drug-likeness (QED) is 0.613. The standard InChI is InChI=1S/C22H29N3O2/c1-5-6-10-23-22(27)18-8-7-9-19(13-18)24-14-20(26)25-21-16(3)11-15(2)12-17(21)4/h7-9,11-13,24H,5-6,10,14H2,1-4H3,(H,23,27)(H,25,26). The SMILES string of the molecule is CCCCNC(=O)c1cccc(NCC(=O)Nc2c(C)cc(C)cc2C)c1. The van der Waals surface area contributed by atoms with Crippen LogP contribution in [-0.2, 0) is 4.79 Å². The van der Waals surface area contributed by atoms with Crippen LogP contribution in [0.15, 0.2) is 36.4 Å². The fraction of sp³-hybridized carbons (Fsp3) is 0.364. The van der Waals surface area contributed by atoms with Gasteiger partial charge < -0.3 is 16.0 Å². The number of rotatable bonds is 8. The van der Waals surface area contributed by atoms with Crippen molar-refractivity contribution < 1.29 is 9.59 Å². The molecule has 0 aliphatic carbocycles. The number of benzene rings is 2. The Morgan fingerprint density at radius 1 is 1.00 bits per heavy atom. The first-order valence-corrected chi connectivity index (χ1v) is 9.40. The topological polar surface area (TPSA) is 70.2 Å². The number of carbonyl (C=O) groups excluding carboxylic acids is 2. The van der Waals surface area contributed by atoms with Crippen LogP contribution in [0.4, 0.5) is 11.4 Å². The van der Waals surface area contributed by atoms with Crippen LogP contribution in [0.2, 0.25) is 0 Å². The van der Waals surface area contributed by atoms with Gasteiger partial charge in [-0.2, -0.15) is 0 Å². The maximum Gasteiger partial charge on any atom is 0.251 e. The Balaban J connectivity index is 1.94. The second kappa shape index (κ2) is 9.76. The summed E-state index contributed by atoms with van der Waals surface area (Å²) in [6, 6.07) is 11.3. The van der Waals surface area contributed by atoms with Crippen LogP contribution in [0.3, 0.4) is 0 Å². The van der Waals surface area contributed by atoms with E-state index in [2.05, 4.69) is 35.0 Å². The average molecular weight is 367 g/mol. The van der Waals surface area contributed by atoms with Crippen molar-refractivity contribution in [3.8, 4) is 0 Å². The molecule has 5 heteroatoms. The van der Waals surface area contributed by atoms with Crippen molar-refractivity contribution in [1.29, 1.82) is 0 Å². The number of hydrogen-bond donors (Lipinski definition) is 3. The van der Waals surface area contributed by atoms with Crippen LogP contribution in [-0.4, -0.2) is 24.9 Å². The summed E-state index contributed by atoms with van der Waals surface area (Å²) < 4.78 is 0. The van der Waals surface area contributed by atoms with Gasteiger partial charge in [0.15, 0.2) is 0 Å². The first-order chi connectivity index (χ1) is 12.9. The Bertz CT molecular complexity index is 792. The predicted molar refractivity (Wildman–Crippen MR) is 111 cm³/mol. The summed E-state index contributed by atoms with van der Waals surface area (Å²) in [5.74, 6) is -0.217. The number of hydrogen-bond acceptors (Lipinski definition) is 3. The molecule has 0 heterocycles. The maximum absolute atomic E-state index is 12.3. The molecule has 2 aromatic carbocycles. The Kier molecular flexibility index (Phi) is 7.41. The van der Waals surface area contributed by atoms with E-state index in [-0.39, 0.29) is 18.4 Å². The van der Waals surface area contributed by atoms with Crippen LogP contribution in [0.1, 0.15) is 46.8 Å². The molecule has 0 aromatic heterocycles. The molecule has 5 nitrogen and oxygen atoms in total. The molecule has 3 N–H and O–H groups in total. The number of aryl methyl sites for hydroxylation is 3. The third-order valence-corrected chi connectivity index (χ3v) is 4.34. The van der Waals surface area contributed by atoms with E-state index in [1.54, 1.807) is 12.1 Å². The highest BCUT2D eigenvalue weighted by Gasteiger charge is 2.09. The second-order valence-corrected chi connectivity index (χ2v) is 6.87. The Labute approximate surface area is 161 Å². The van der Waals surface area contributed by atoms with Crippen LogP contribution in [0.5, 0.6) is 0 Å². The van der Waals surface area contributed by atoms with Gasteiger partial charge in [-0.25, -0.2) is 0 Å². The number of unbranched alkanes of at least 4 members (excludes halogenated alkanes) is 1. The third kappa shape index (κ3) is 6.13. The summed E-state index contributed by atoms with van der Waals surface area (Å²) in [7, 11) is 0. The molecule has 0 radical (unpaired) electrons. The summed E-state index contributed by atoms with van der Waals surface area (Å²) in [5.41, 5.74) is 5.46. The van der Waals surface area contributed by atoms with E-state index < -0.39 is 0 Å². The molecular weight excluding hydrogens is 338 g/mol. The van der Waals surface area contributed by atoms with Crippen LogP contribution in [0, 0.1) is 20.8 Å². The van der Waals surface area contributed by atoms with Crippen molar-refractivity contribution in [1.82, 2.24) is 5.32 Å². The molecule has 0 saturated carbocycles. The molecule has 0 unspecified atom stereocenters. The lowest BCUT2D eigenvalue weighted by Crippen LogP contribution is -2.25. The highest BCUT2D eigenvalue weighted by molar-refractivity contribution is 5.96. The smallest absolute Gasteiger partial charge is 0.251 e. The molecule has 0 saturated heterocycles. The third-order valence-electron chi connectivity index (χ3n) is 4.34. The van der Waals surface area contributed by atoms with Gasteiger partial charge in [-0.15, -0.1) is 0 Å². The molecule has 27 heavy (non-hydrogen) atoms. The van der Waals surface area contributed by atoms with Gasteiger partial charge >= 0.3 is 0 Å². The van der Waals surface area contributed by atoms with E-state index in [1.807, 2.05) is 32.9 Å². The highest BCUT2D eigenvalue weighted by atomic mass is 16.2. The fourth-order valence-electron chi connectivity index (χ4n) is 2.99. The summed E-state index contributed by atoms with van der Waals surface area (Å²) in [6.07, 6.45) is 2.00. The van der Waals surface area contributed by atoms with Gasteiger partial charge in [0.05, 0.1) is 6.54 Å². The molecule has 0 atom stereocenters. The van der Waals surface area contributed by atoms with Crippen molar-refractivity contribution >= 4 is 23.2 Å². The number of carbonyl (C=O) groups is 2. The Morgan fingerprint density at radius 3 is 2.37 bits per heavy atom. The van der Waals surface area contributed by atoms with Gasteiger partial charge in [-0.1, -0.05) is 37.1 Å². The zero-order chi connectivity index (χ0) is 19.8. The number of amides is 2. The van der Waals surface area contributed by atoms with Crippen molar-refractivity contribution in [3.05, 3.63) is 58.7 Å². The molecule has 0 aliphatic rings. The molecule has 0 fully saturated rings. The normalized spacial score (nSPS) is 10.4. The molecule has 2 amide bonds. The largest absolute Gasteiger partial charge is 0.376 e. The molecular formula is C22H29N3O2. The van der Waals surface area contributed by atoms with Crippen molar-refractivity contribution in [2.75, 3.05) is 23.7 Å². The van der Waals surface area contributed by atoms with Crippen LogP contribution in [0.25, 0.3) is 0 Å². The lowest BCUT2D eigenvalue weighted by Gasteiger charge is -2.14. The van der Waals surface area contributed by atoms with Gasteiger partial charge in [-0.05, 0) is 56.5 Å². The van der Waals surface area contributed by atoms with E-state index in [4.69, 9.17) is 0 Å². The van der Waals surface area contributed by atoms with Gasteiger partial charge in [-0.3, -0.25) is 9.59 Å². The van der Waals surface area contributed by atoms with Crippen LogP contribution >= 0.6 is 0 Å². The lowest BCUT2D eigenvalue weighted by atomic mass is 10.1. The van der Waals surface area contributed by atoms with Crippen molar-refractivity contribution in [2.24, 2.45) is 0 Å². The van der Waals surface area contributed by atoms with Gasteiger partial charge in [0.25, 0.3) is 5.91 Å². The first kappa shape index (κ1) is 20.5. The maximum atomic E-state index is 12.3. The molecule has 0 aliphatic heterocycles. The molecule has 2 rings (SSSR count). The average Bonchev–Trinajstić information content (AvgIpc) is 2.63. The summed E-state index contributed by atoms with van der Waals surface area (Å²) in [6.45, 7) is 8.91. The number of nitrogens with one attached hydrogen (secondary N) is 3. The summed E-state index contributed by atoms with van der Waals surface area (Å²) in [5, 5.41) is 8.95. The Morgan fingerprint density at radius 2 is 1.70 bits per heavy atom. The number of anilines is 2. The Hall–Kier alpha value is -2.82. The van der Waals surface area contributed by atoms with E-state index in [0.29, 0.717) is 12.1 Å². The van der Waals surface area contributed by atoms with Crippen LogP contribution < -0.4 is 16.0 Å². The minimum atomic E-state index is -0.122. The van der Waals surface area contributed by atoms with Crippen molar-refractivity contribution in [3.63, 3.8) is 0 Å². The second-order valence-electron chi connectivity index (χ2n) is 6.87. The van der Waals surface area contributed by atoms with E-state index in [1.165, 1.54) is 5.56 Å². The molecule has 144 valence electrons. The summed E-state index contributed by atoms with van der Waals surface area (Å²) >= 11 is 0. The van der Waals surface area contributed by atoms with E-state index in [9.17, 15) is 9.59 Å². The lowest BCUT2D eigenvalue weighted by molar-refractivity contribution is -0.114. The fourth-order valence-corrected chi connectivity index (χ4v) is 2.99. The molecule has 2 aromatic rings. The van der Waals surface area contributed by atoms with E-state index >= 15 is 0 Å². The minimum absolute atomic E-state index is 0.0949. The van der Waals surface area contributed by atoms with Crippen molar-refractivity contribution in [2.45, 2.75) is 40.5 Å². The van der Waals surface area contributed by atoms with Gasteiger partial charge in [0.2, 0.25) is 5.91 Å². The molecule has 0 bridgehead atoms.